The number of carbonyl (C=O) groups excluding carboxylic acids is 1. The fourth-order valence-electron chi connectivity index (χ4n) is 1.65. The maximum atomic E-state index is 11.8. The number of carbonyl (C=O) groups is 1. The Balaban J connectivity index is 1.81. The molecule has 0 unspecified atom stereocenters. The number of hydrogen-bond donors (Lipinski definition) is 2. The normalized spacial score (nSPS) is 12.1. The van der Waals surface area contributed by atoms with E-state index in [4.69, 9.17) is 5.73 Å². The lowest BCUT2D eigenvalue weighted by Gasteiger charge is -2.12. The van der Waals surface area contributed by atoms with Gasteiger partial charge in [0.25, 0.3) is 0 Å². The minimum Gasteiger partial charge on any atom is -0.353 e. The molecule has 0 aliphatic heterocycles. The Bertz CT molecular complexity index is 481. The van der Waals surface area contributed by atoms with E-state index in [2.05, 4.69) is 10.3 Å². The van der Waals surface area contributed by atoms with Crippen LogP contribution in [0.2, 0.25) is 0 Å². The first-order chi connectivity index (χ1) is 8.77. The summed E-state index contributed by atoms with van der Waals surface area (Å²) in [5.74, 6) is -0.165. The number of benzene rings is 1. The quantitative estimate of drug-likeness (QED) is 0.813. The SMILES string of the molecule is N[C@@H](C(=O)NCCn1ccnc1)c1ccccc1. The molecule has 3 N–H and O–H groups in total. The van der Waals surface area contributed by atoms with Gasteiger partial charge in [-0.15, -0.1) is 0 Å². The van der Waals surface area contributed by atoms with Gasteiger partial charge < -0.3 is 15.6 Å². The van der Waals surface area contributed by atoms with E-state index in [0.29, 0.717) is 13.1 Å². The average molecular weight is 244 g/mol. The minimum atomic E-state index is -0.617. The topological polar surface area (TPSA) is 72.9 Å². The van der Waals surface area contributed by atoms with Crippen LogP contribution < -0.4 is 11.1 Å². The van der Waals surface area contributed by atoms with Crippen molar-refractivity contribution in [2.75, 3.05) is 6.54 Å². The lowest BCUT2D eigenvalue weighted by molar-refractivity contribution is -0.122. The molecule has 94 valence electrons. The molecule has 2 aromatic rings. The maximum absolute atomic E-state index is 11.8. The van der Waals surface area contributed by atoms with Gasteiger partial charge in [-0.05, 0) is 5.56 Å². The first kappa shape index (κ1) is 12.3. The molecular formula is C13H16N4O. The Morgan fingerprint density at radius 3 is 2.83 bits per heavy atom. The van der Waals surface area contributed by atoms with E-state index in [0.717, 1.165) is 5.56 Å². The molecule has 0 spiro atoms. The number of aromatic nitrogens is 2. The smallest absolute Gasteiger partial charge is 0.241 e. The molecule has 5 nitrogen and oxygen atoms in total. The van der Waals surface area contributed by atoms with Crippen molar-refractivity contribution in [3.8, 4) is 0 Å². The standard InChI is InChI=1S/C13H16N4O/c14-12(11-4-2-1-3-5-11)13(18)16-7-9-17-8-6-15-10-17/h1-6,8,10,12H,7,9,14H2,(H,16,18)/t12-/m1/s1. The fourth-order valence-corrected chi connectivity index (χ4v) is 1.65. The highest BCUT2D eigenvalue weighted by Gasteiger charge is 2.14. The van der Waals surface area contributed by atoms with Crippen LogP contribution in [0, 0.1) is 0 Å². The van der Waals surface area contributed by atoms with Crippen molar-refractivity contribution in [2.24, 2.45) is 5.73 Å². The van der Waals surface area contributed by atoms with Gasteiger partial charge in [0.05, 0.1) is 6.33 Å². The molecule has 0 saturated heterocycles. The van der Waals surface area contributed by atoms with Gasteiger partial charge in [0.1, 0.15) is 6.04 Å². The molecule has 0 aliphatic carbocycles. The van der Waals surface area contributed by atoms with Crippen molar-refractivity contribution in [1.82, 2.24) is 14.9 Å². The van der Waals surface area contributed by atoms with Crippen molar-refractivity contribution in [3.63, 3.8) is 0 Å². The van der Waals surface area contributed by atoms with E-state index in [9.17, 15) is 4.79 Å². The van der Waals surface area contributed by atoms with Crippen molar-refractivity contribution in [3.05, 3.63) is 54.6 Å². The summed E-state index contributed by atoms with van der Waals surface area (Å²) in [5.41, 5.74) is 6.68. The summed E-state index contributed by atoms with van der Waals surface area (Å²) >= 11 is 0. The van der Waals surface area contributed by atoms with Gasteiger partial charge >= 0.3 is 0 Å². The van der Waals surface area contributed by atoms with Crippen molar-refractivity contribution >= 4 is 5.91 Å². The van der Waals surface area contributed by atoms with Crippen LogP contribution in [0.1, 0.15) is 11.6 Å². The van der Waals surface area contributed by atoms with Crippen LogP contribution in [-0.4, -0.2) is 22.0 Å². The predicted molar refractivity (Wildman–Crippen MR) is 68.6 cm³/mol. The summed E-state index contributed by atoms with van der Waals surface area (Å²) < 4.78 is 1.90. The molecule has 1 aromatic heterocycles. The Kier molecular flexibility index (Phi) is 4.09. The molecule has 0 bridgehead atoms. The van der Waals surface area contributed by atoms with E-state index in [1.807, 2.05) is 41.1 Å². The van der Waals surface area contributed by atoms with E-state index >= 15 is 0 Å². The summed E-state index contributed by atoms with van der Waals surface area (Å²) in [4.78, 5) is 15.7. The molecule has 18 heavy (non-hydrogen) atoms. The number of nitrogens with zero attached hydrogens (tertiary/aromatic N) is 2. The molecule has 2 rings (SSSR count). The lowest BCUT2D eigenvalue weighted by Crippen LogP contribution is -2.35. The molecule has 1 aromatic carbocycles. The highest BCUT2D eigenvalue weighted by atomic mass is 16.2. The summed E-state index contributed by atoms with van der Waals surface area (Å²) in [6.07, 6.45) is 5.27. The molecule has 5 heteroatoms. The van der Waals surface area contributed by atoms with Crippen LogP contribution in [0.3, 0.4) is 0 Å². The Hall–Kier alpha value is -2.14. The number of nitrogens with two attached hydrogens (primary N) is 1. The second-order valence-corrected chi connectivity index (χ2v) is 3.98. The molecule has 1 heterocycles. The Morgan fingerprint density at radius 2 is 2.17 bits per heavy atom. The lowest BCUT2D eigenvalue weighted by atomic mass is 10.1. The zero-order valence-corrected chi connectivity index (χ0v) is 9.99. The fraction of sp³-hybridized carbons (Fsp3) is 0.231. The van der Waals surface area contributed by atoms with Gasteiger partial charge in [-0.2, -0.15) is 0 Å². The summed E-state index contributed by atoms with van der Waals surface area (Å²) in [6, 6.07) is 8.71. The maximum Gasteiger partial charge on any atom is 0.241 e. The number of nitrogens with one attached hydrogen (secondary N) is 1. The van der Waals surface area contributed by atoms with E-state index in [1.54, 1.807) is 12.5 Å². The number of rotatable bonds is 5. The molecule has 0 radical (unpaired) electrons. The zero-order chi connectivity index (χ0) is 12.8. The van der Waals surface area contributed by atoms with Gasteiger partial charge in [0.15, 0.2) is 0 Å². The Morgan fingerprint density at radius 1 is 1.39 bits per heavy atom. The van der Waals surface area contributed by atoms with E-state index in [1.165, 1.54) is 0 Å². The molecule has 0 fully saturated rings. The van der Waals surface area contributed by atoms with E-state index < -0.39 is 6.04 Å². The third kappa shape index (κ3) is 3.18. The first-order valence-corrected chi connectivity index (χ1v) is 5.81. The average Bonchev–Trinajstić information content (AvgIpc) is 2.92. The van der Waals surface area contributed by atoms with Crippen LogP contribution in [0.4, 0.5) is 0 Å². The van der Waals surface area contributed by atoms with Crippen molar-refractivity contribution in [2.45, 2.75) is 12.6 Å². The second-order valence-electron chi connectivity index (χ2n) is 3.98. The number of amides is 1. The number of imidazole rings is 1. The van der Waals surface area contributed by atoms with Gasteiger partial charge in [-0.3, -0.25) is 4.79 Å². The zero-order valence-electron chi connectivity index (χ0n) is 9.99. The molecule has 0 saturated carbocycles. The largest absolute Gasteiger partial charge is 0.353 e. The molecule has 0 aliphatic rings. The predicted octanol–water partition coefficient (Wildman–Crippen LogP) is 0.699. The van der Waals surface area contributed by atoms with Gasteiger partial charge in [-0.1, -0.05) is 30.3 Å². The van der Waals surface area contributed by atoms with Crippen molar-refractivity contribution < 1.29 is 4.79 Å². The highest BCUT2D eigenvalue weighted by Crippen LogP contribution is 2.08. The highest BCUT2D eigenvalue weighted by molar-refractivity contribution is 5.82. The second kappa shape index (κ2) is 5.97. The van der Waals surface area contributed by atoms with Gasteiger partial charge in [-0.25, -0.2) is 4.98 Å². The van der Waals surface area contributed by atoms with Gasteiger partial charge in [0, 0.05) is 25.5 Å². The third-order valence-corrected chi connectivity index (χ3v) is 2.67. The van der Waals surface area contributed by atoms with Crippen LogP contribution >= 0.6 is 0 Å². The van der Waals surface area contributed by atoms with Gasteiger partial charge in [0.2, 0.25) is 5.91 Å². The van der Waals surface area contributed by atoms with Crippen LogP contribution in [0.15, 0.2) is 49.1 Å². The molecule has 1 atom stereocenters. The molecule has 1 amide bonds. The summed E-state index contributed by atoms with van der Waals surface area (Å²) in [7, 11) is 0. The number of hydrogen-bond acceptors (Lipinski definition) is 3. The summed E-state index contributed by atoms with van der Waals surface area (Å²) in [5, 5.41) is 2.81. The first-order valence-electron chi connectivity index (χ1n) is 5.81. The van der Waals surface area contributed by atoms with Crippen LogP contribution in [0.5, 0.6) is 0 Å². The van der Waals surface area contributed by atoms with Crippen LogP contribution in [-0.2, 0) is 11.3 Å². The monoisotopic (exact) mass is 244 g/mol. The molecular weight excluding hydrogens is 228 g/mol. The minimum absolute atomic E-state index is 0.165. The Labute approximate surface area is 106 Å². The third-order valence-electron chi connectivity index (χ3n) is 2.67. The van der Waals surface area contributed by atoms with Crippen LogP contribution in [0.25, 0.3) is 0 Å². The van der Waals surface area contributed by atoms with Crippen molar-refractivity contribution in [1.29, 1.82) is 0 Å². The summed E-state index contributed by atoms with van der Waals surface area (Å²) in [6.45, 7) is 1.23. The van der Waals surface area contributed by atoms with E-state index in [-0.39, 0.29) is 5.91 Å².